The van der Waals surface area contributed by atoms with Gasteiger partial charge in [-0.05, 0) is 25.0 Å². The molecule has 88 valence electrons. The maximum atomic E-state index is 12.1. The van der Waals surface area contributed by atoms with Crippen LogP contribution in [-0.2, 0) is 13.0 Å². The molecular weight excluding hydrogens is 210 g/mol. The van der Waals surface area contributed by atoms with Crippen molar-refractivity contribution in [3.05, 3.63) is 69.6 Å². The van der Waals surface area contributed by atoms with Crippen molar-refractivity contribution in [3.8, 4) is 0 Å². The predicted octanol–water partition coefficient (Wildman–Crippen LogP) is 2.77. The van der Waals surface area contributed by atoms with E-state index in [0.717, 1.165) is 23.2 Å². The van der Waals surface area contributed by atoms with Crippen LogP contribution in [0, 0.1) is 6.92 Å². The van der Waals surface area contributed by atoms with Crippen molar-refractivity contribution in [1.29, 1.82) is 0 Å². The van der Waals surface area contributed by atoms with Gasteiger partial charge in [-0.2, -0.15) is 0 Å². The fraction of sp³-hybridized carbons (Fsp3) is 0.267. The van der Waals surface area contributed by atoms with Crippen molar-refractivity contribution < 1.29 is 0 Å². The minimum absolute atomic E-state index is 0.119. The normalized spacial score (nSPS) is 10.5. The first-order chi connectivity index (χ1) is 8.22. The van der Waals surface area contributed by atoms with Gasteiger partial charge in [-0.1, -0.05) is 43.3 Å². The second-order valence-corrected chi connectivity index (χ2v) is 4.24. The van der Waals surface area contributed by atoms with Gasteiger partial charge in [-0.3, -0.25) is 4.79 Å². The van der Waals surface area contributed by atoms with E-state index < -0.39 is 0 Å². The van der Waals surface area contributed by atoms with Crippen LogP contribution in [0.3, 0.4) is 0 Å². The van der Waals surface area contributed by atoms with Gasteiger partial charge in [0.1, 0.15) is 0 Å². The smallest absolute Gasteiger partial charge is 0.253 e. The molecule has 2 heteroatoms. The van der Waals surface area contributed by atoms with Crippen LogP contribution >= 0.6 is 0 Å². The lowest BCUT2D eigenvalue weighted by Crippen LogP contribution is -2.25. The molecule has 0 spiro atoms. The molecule has 1 aromatic heterocycles. The second kappa shape index (κ2) is 5.00. The molecule has 0 radical (unpaired) electrons. The Kier molecular flexibility index (Phi) is 3.43. The van der Waals surface area contributed by atoms with E-state index in [0.29, 0.717) is 6.54 Å². The highest BCUT2D eigenvalue weighted by atomic mass is 16.1. The van der Waals surface area contributed by atoms with Crippen LogP contribution in [0.25, 0.3) is 0 Å². The zero-order valence-electron chi connectivity index (χ0n) is 10.3. The molecule has 2 rings (SSSR count). The molecule has 2 nitrogen and oxygen atoms in total. The van der Waals surface area contributed by atoms with Crippen LogP contribution in [0.4, 0.5) is 0 Å². The Morgan fingerprint density at radius 2 is 1.76 bits per heavy atom. The Hall–Kier alpha value is -1.83. The van der Waals surface area contributed by atoms with E-state index in [4.69, 9.17) is 0 Å². The molecule has 0 aliphatic rings. The Morgan fingerprint density at radius 1 is 1.06 bits per heavy atom. The molecule has 0 aliphatic heterocycles. The lowest BCUT2D eigenvalue weighted by molar-refractivity contribution is 0.701. The van der Waals surface area contributed by atoms with Crippen LogP contribution in [0.15, 0.2) is 47.3 Å². The number of hydrogen-bond acceptors (Lipinski definition) is 1. The first-order valence-corrected chi connectivity index (χ1v) is 5.95. The fourth-order valence-electron chi connectivity index (χ4n) is 1.97. The summed E-state index contributed by atoms with van der Waals surface area (Å²) in [5.74, 6) is 0. The minimum Gasteiger partial charge on any atom is -0.308 e. The van der Waals surface area contributed by atoms with Gasteiger partial charge in [0.15, 0.2) is 0 Å². The molecule has 0 saturated carbocycles. The summed E-state index contributed by atoms with van der Waals surface area (Å²) in [6.07, 6.45) is 0.877. The van der Waals surface area contributed by atoms with Crippen molar-refractivity contribution in [1.82, 2.24) is 4.57 Å². The number of rotatable bonds is 3. The summed E-state index contributed by atoms with van der Waals surface area (Å²) in [5, 5.41) is 0. The number of pyridine rings is 1. The monoisotopic (exact) mass is 227 g/mol. The third-order valence-electron chi connectivity index (χ3n) is 3.00. The molecular formula is C15H17NO. The molecule has 2 aromatic rings. The maximum Gasteiger partial charge on any atom is 0.253 e. The van der Waals surface area contributed by atoms with E-state index in [1.54, 1.807) is 0 Å². The molecule has 0 saturated heterocycles. The van der Waals surface area contributed by atoms with Crippen LogP contribution in [0.2, 0.25) is 0 Å². The summed E-state index contributed by atoms with van der Waals surface area (Å²) in [6, 6.07) is 14.0. The van der Waals surface area contributed by atoms with Crippen molar-refractivity contribution in [2.75, 3.05) is 0 Å². The topological polar surface area (TPSA) is 22.0 Å². The SMILES string of the molecule is CCc1ccc(C)c(=O)n1Cc1ccccc1. The van der Waals surface area contributed by atoms with Gasteiger partial charge >= 0.3 is 0 Å². The third kappa shape index (κ3) is 2.47. The maximum absolute atomic E-state index is 12.1. The van der Waals surface area contributed by atoms with Crippen molar-refractivity contribution in [2.45, 2.75) is 26.8 Å². The van der Waals surface area contributed by atoms with Crippen molar-refractivity contribution >= 4 is 0 Å². The summed E-state index contributed by atoms with van der Waals surface area (Å²) >= 11 is 0. The lowest BCUT2D eigenvalue weighted by Gasteiger charge is -2.12. The van der Waals surface area contributed by atoms with Crippen LogP contribution in [0.1, 0.15) is 23.7 Å². The van der Waals surface area contributed by atoms with Crippen LogP contribution in [0.5, 0.6) is 0 Å². The summed E-state index contributed by atoms with van der Waals surface area (Å²) in [4.78, 5) is 12.1. The second-order valence-electron chi connectivity index (χ2n) is 4.24. The average molecular weight is 227 g/mol. The quantitative estimate of drug-likeness (QED) is 0.790. The van der Waals surface area contributed by atoms with E-state index in [1.807, 2.05) is 54.0 Å². The molecule has 1 aromatic carbocycles. The Labute approximate surface area is 102 Å². The number of benzene rings is 1. The van der Waals surface area contributed by atoms with Crippen LogP contribution < -0.4 is 5.56 Å². The Morgan fingerprint density at radius 3 is 2.41 bits per heavy atom. The number of hydrogen-bond donors (Lipinski definition) is 0. The van der Waals surface area contributed by atoms with Gasteiger partial charge < -0.3 is 4.57 Å². The standard InChI is InChI=1S/C15H17NO/c1-3-14-10-9-12(2)15(17)16(14)11-13-7-5-4-6-8-13/h4-10H,3,11H2,1-2H3. The molecule has 0 unspecified atom stereocenters. The van der Waals surface area contributed by atoms with Gasteiger partial charge in [0.25, 0.3) is 5.56 Å². The molecule has 0 amide bonds. The Balaban J connectivity index is 2.45. The van der Waals surface area contributed by atoms with Crippen molar-refractivity contribution in [3.63, 3.8) is 0 Å². The van der Waals surface area contributed by atoms with E-state index in [9.17, 15) is 4.79 Å². The number of aryl methyl sites for hydroxylation is 2. The van der Waals surface area contributed by atoms with Gasteiger partial charge in [-0.25, -0.2) is 0 Å². The number of nitrogens with zero attached hydrogens (tertiary/aromatic N) is 1. The molecule has 17 heavy (non-hydrogen) atoms. The third-order valence-corrected chi connectivity index (χ3v) is 3.00. The predicted molar refractivity (Wildman–Crippen MR) is 70.4 cm³/mol. The first kappa shape index (κ1) is 11.6. The van der Waals surface area contributed by atoms with E-state index >= 15 is 0 Å². The van der Waals surface area contributed by atoms with Crippen molar-refractivity contribution in [2.24, 2.45) is 0 Å². The van der Waals surface area contributed by atoms with E-state index in [2.05, 4.69) is 6.92 Å². The summed E-state index contributed by atoms with van der Waals surface area (Å²) in [5.41, 5.74) is 3.17. The summed E-state index contributed by atoms with van der Waals surface area (Å²) in [6.45, 7) is 4.60. The molecule has 0 bridgehead atoms. The molecule has 0 N–H and O–H groups in total. The molecule has 0 atom stereocenters. The highest BCUT2D eigenvalue weighted by Crippen LogP contribution is 2.06. The van der Waals surface area contributed by atoms with Gasteiger partial charge in [-0.15, -0.1) is 0 Å². The van der Waals surface area contributed by atoms with Gasteiger partial charge in [0, 0.05) is 11.3 Å². The summed E-state index contributed by atoms with van der Waals surface area (Å²) < 4.78 is 1.87. The molecule has 1 heterocycles. The highest BCUT2D eigenvalue weighted by molar-refractivity contribution is 5.20. The summed E-state index contributed by atoms with van der Waals surface area (Å²) in [7, 11) is 0. The highest BCUT2D eigenvalue weighted by Gasteiger charge is 2.05. The minimum atomic E-state index is 0.119. The zero-order chi connectivity index (χ0) is 12.3. The zero-order valence-corrected chi connectivity index (χ0v) is 10.3. The lowest BCUT2D eigenvalue weighted by atomic mass is 10.2. The van der Waals surface area contributed by atoms with Gasteiger partial charge in [0.05, 0.1) is 6.54 Å². The number of aromatic nitrogens is 1. The average Bonchev–Trinajstić information content (AvgIpc) is 2.37. The molecule has 0 fully saturated rings. The first-order valence-electron chi connectivity index (χ1n) is 5.95. The fourth-order valence-corrected chi connectivity index (χ4v) is 1.97. The van der Waals surface area contributed by atoms with Gasteiger partial charge in [0.2, 0.25) is 0 Å². The Bertz CT molecular complexity index is 555. The molecule has 0 aliphatic carbocycles. The van der Waals surface area contributed by atoms with Crippen LogP contribution in [-0.4, -0.2) is 4.57 Å². The largest absolute Gasteiger partial charge is 0.308 e. The van der Waals surface area contributed by atoms with E-state index in [-0.39, 0.29) is 5.56 Å². The van der Waals surface area contributed by atoms with E-state index in [1.165, 1.54) is 0 Å².